The Balaban J connectivity index is 1.53. The third kappa shape index (κ3) is 5.58. The molecule has 4 aromatic rings. The lowest BCUT2D eigenvalue weighted by Gasteiger charge is -2.19. The van der Waals surface area contributed by atoms with Crippen molar-refractivity contribution in [3.63, 3.8) is 0 Å². The van der Waals surface area contributed by atoms with Crippen molar-refractivity contribution in [1.82, 2.24) is 20.9 Å². The SMILES string of the molecule is CONC(=O)C(Cc1c[nH]c2ccccc12)SSC(Cc1c[nH]c2ccccc12)C(=O)NOC. The Bertz CT molecular complexity index is 1170. The van der Waals surface area contributed by atoms with E-state index >= 15 is 0 Å². The number of hydrogen-bond donors (Lipinski definition) is 4. The van der Waals surface area contributed by atoms with Gasteiger partial charge in [-0.2, -0.15) is 0 Å². The molecule has 2 atom stereocenters. The lowest BCUT2D eigenvalue weighted by Crippen LogP contribution is -2.35. The fourth-order valence-electron chi connectivity index (χ4n) is 3.81. The van der Waals surface area contributed by atoms with Gasteiger partial charge in [0.05, 0.1) is 14.2 Å². The molecule has 2 amide bonds. The van der Waals surface area contributed by atoms with E-state index in [1.54, 1.807) is 0 Å². The number of aromatic amines is 2. The predicted molar refractivity (Wildman–Crippen MR) is 137 cm³/mol. The second-order valence-corrected chi connectivity index (χ2v) is 10.3. The highest BCUT2D eigenvalue weighted by Crippen LogP contribution is 2.36. The molecule has 0 spiro atoms. The summed E-state index contributed by atoms with van der Waals surface area (Å²) >= 11 is 0. The number of nitrogens with one attached hydrogen (secondary N) is 4. The molecule has 2 aromatic carbocycles. The Morgan fingerprint density at radius 3 is 1.59 bits per heavy atom. The Labute approximate surface area is 204 Å². The van der Waals surface area contributed by atoms with Crippen molar-refractivity contribution in [2.45, 2.75) is 23.3 Å². The van der Waals surface area contributed by atoms with Gasteiger partial charge in [0.25, 0.3) is 11.8 Å². The summed E-state index contributed by atoms with van der Waals surface area (Å²) in [7, 11) is 5.51. The molecule has 0 aliphatic carbocycles. The maximum atomic E-state index is 12.8. The minimum Gasteiger partial charge on any atom is -0.361 e. The monoisotopic (exact) mass is 498 g/mol. The van der Waals surface area contributed by atoms with Gasteiger partial charge in [0.15, 0.2) is 0 Å². The number of amides is 2. The maximum Gasteiger partial charge on any atom is 0.257 e. The van der Waals surface area contributed by atoms with Crippen molar-refractivity contribution >= 4 is 55.2 Å². The third-order valence-electron chi connectivity index (χ3n) is 5.44. The van der Waals surface area contributed by atoms with Crippen LogP contribution < -0.4 is 11.0 Å². The number of aromatic nitrogens is 2. The molecule has 10 heteroatoms. The van der Waals surface area contributed by atoms with E-state index in [4.69, 9.17) is 9.68 Å². The zero-order valence-corrected chi connectivity index (χ0v) is 20.4. The van der Waals surface area contributed by atoms with Gasteiger partial charge >= 0.3 is 0 Å². The molecular formula is C24H26N4O4S2. The average molecular weight is 499 g/mol. The summed E-state index contributed by atoms with van der Waals surface area (Å²) in [6.45, 7) is 0. The van der Waals surface area contributed by atoms with E-state index < -0.39 is 10.5 Å². The van der Waals surface area contributed by atoms with Gasteiger partial charge in [-0.05, 0) is 36.1 Å². The standard InChI is InChI=1S/C24H26N4O4S2/c1-31-27-23(29)21(11-15-13-25-19-9-5-3-7-17(15)19)33-34-22(24(30)28-32-2)12-16-14-26-20-10-6-4-8-18(16)20/h3-10,13-14,21-22,25-26H,11-12H2,1-2H3,(H,27,29)(H,28,30). The van der Waals surface area contributed by atoms with Crippen LogP contribution in [0.4, 0.5) is 0 Å². The molecule has 2 aromatic heterocycles. The van der Waals surface area contributed by atoms with Crippen LogP contribution in [0.25, 0.3) is 21.8 Å². The number of H-pyrrole nitrogens is 2. The summed E-state index contributed by atoms with van der Waals surface area (Å²) in [5, 5.41) is 1.17. The van der Waals surface area contributed by atoms with E-state index in [0.29, 0.717) is 12.8 Å². The second kappa shape index (κ2) is 11.5. The van der Waals surface area contributed by atoms with Gasteiger partial charge in [0.2, 0.25) is 0 Å². The number of carbonyl (C=O) groups is 2. The molecule has 2 heterocycles. The molecule has 2 unspecified atom stereocenters. The Hall–Kier alpha value is -2.92. The zero-order chi connectivity index (χ0) is 23.9. The number of para-hydroxylation sites is 2. The van der Waals surface area contributed by atoms with Gasteiger partial charge in [-0.25, -0.2) is 11.0 Å². The molecular weight excluding hydrogens is 472 g/mol. The summed E-state index contributed by atoms with van der Waals surface area (Å²) in [5.74, 6) is -0.522. The van der Waals surface area contributed by atoms with E-state index in [9.17, 15) is 9.59 Å². The number of carbonyl (C=O) groups excluding carboxylic acids is 2. The summed E-state index contributed by atoms with van der Waals surface area (Å²) in [5.41, 5.74) is 8.95. The Kier molecular flexibility index (Phi) is 8.17. The second-order valence-electron chi connectivity index (χ2n) is 7.64. The van der Waals surface area contributed by atoms with E-state index in [1.807, 2.05) is 60.9 Å². The van der Waals surface area contributed by atoms with Gasteiger partial charge in [-0.15, -0.1) is 0 Å². The Morgan fingerprint density at radius 1 is 0.765 bits per heavy atom. The van der Waals surface area contributed by atoms with E-state index in [0.717, 1.165) is 32.9 Å². The highest BCUT2D eigenvalue weighted by Gasteiger charge is 2.27. The number of hydroxylamine groups is 2. The van der Waals surface area contributed by atoms with Crippen LogP contribution in [0.5, 0.6) is 0 Å². The van der Waals surface area contributed by atoms with Crippen LogP contribution >= 0.6 is 21.6 Å². The van der Waals surface area contributed by atoms with Gasteiger partial charge in [-0.1, -0.05) is 58.0 Å². The molecule has 4 N–H and O–H groups in total. The van der Waals surface area contributed by atoms with Crippen LogP contribution in [0, 0.1) is 0 Å². The molecule has 8 nitrogen and oxygen atoms in total. The lowest BCUT2D eigenvalue weighted by atomic mass is 10.1. The van der Waals surface area contributed by atoms with Crippen molar-refractivity contribution in [1.29, 1.82) is 0 Å². The van der Waals surface area contributed by atoms with Gasteiger partial charge in [0.1, 0.15) is 10.5 Å². The van der Waals surface area contributed by atoms with Crippen molar-refractivity contribution in [2.24, 2.45) is 0 Å². The highest BCUT2D eigenvalue weighted by atomic mass is 33.1. The number of rotatable bonds is 11. The first-order chi connectivity index (χ1) is 16.6. The van der Waals surface area contributed by atoms with Crippen LogP contribution in [0.15, 0.2) is 60.9 Å². The van der Waals surface area contributed by atoms with Crippen molar-refractivity contribution < 1.29 is 19.3 Å². The molecule has 0 saturated carbocycles. The van der Waals surface area contributed by atoms with E-state index in [2.05, 4.69) is 20.9 Å². The van der Waals surface area contributed by atoms with Crippen LogP contribution in [-0.4, -0.2) is 46.5 Å². The van der Waals surface area contributed by atoms with E-state index in [-0.39, 0.29) is 11.8 Å². The third-order valence-corrected chi connectivity index (χ3v) is 8.50. The summed E-state index contributed by atoms with van der Waals surface area (Å²) in [6.07, 6.45) is 4.79. The largest absolute Gasteiger partial charge is 0.361 e. The molecule has 178 valence electrons. The molecule has 34 heavy (non-hydrogen) atoms. The molecule has 0 aliphatic heterocycles. The first kappa shape index (κ1) is 24.2. The summed E-state index contributed by atoms with van der Waals surface area (Å²) in [4.78, 5) is 41.9. The van der Waals surface area contributed by atoms with Crippen molar-refractivity contribution in [2.75, 3.05) is 14.2 Å². The highest BCUT2D eigenvalue weighted by molar-refractivity contribution is 8.77. The first-order valence-corrected chi connectivity index (χ1v) is 13.0. The van der Waals surface area contributed by atoms with Crippen LogP contribution in [-0.2, 0) is 32.1 Å². The number of fused-ring (bicyclic) bond motifs is 2. The van der Waals surface area contributed by atoms with Crippen molar-refractivity contribution in [3.05, 3.63) is 72.1 Å². The minimum atomic E-state index is -0.482. The summed E-state index contributed by atoms with van der Waals surface area (Å²) in [6, 6.07) is 15.9. The molecule has 0 aliphatic rings. The van der Waals surface area contributed by atoms with Gasteiger partial charge in [0, 0.05) is 34.2 Å². The van der Waals surface area contributed by atoms with Crippen LogP contribution in [0.2, 0.25) is 0 Å². The van der Waals surface area contributed by atoms with Gasteiger partial charge in [-0.3, -0.25) is 19.3 Å². The van der Waals surface area contributed by atoms with Crippen molar-refractivity contribution in [3.8, 4) is 0 Å². The maximum absolute atomic E-state index is 12.8. The average Bonchev–Trinajstić information content (AvgIpc) is 3.45. The number of benzene rings is 2. The normalized spacial score (nSPS) is 13.1. The lowest BCUT2D eigenvalue weighted by molar-refractivity contribution is -0.131. The van der Waals surface area contributed by atoms with Crippen LogP contribution in [0.1, 0.15) is 11.1 Å². The molecule has 4 rings (SSSR count). The Morgan fingerprint density at radius 2 is 1.18 bits per heavy atom. The molecule has 0 fully saturated rings. The molecule has 0 saturated heterocycles. The fraction of sp³-hybridized carbons (Fsp3) is 0.250. The predicted octanol–water partition coefficient (Wildman–Crippen LogP) is 3.91. The quantitative estimate of drug-likeness (QED) is 0.184. The smallest absolute Gasteiger partial charge is 0.257 e. The minimum absolute atomic E-state index is 0.261. The topological polar surface area (TPSA) is 108 Å². The van der Waals surface area contributed by atoms with Gasteiger partial charge < -0.3 is 9.97 Å². The zero-order valence-electron chi connectivity index (χ0n) is 18.8. The fourth-order valence-corrected chi connectivity index (χ4v) is 6.58. The molecule has 0 radical (unpaired) electrons. The van der Waals surface area contributed by atoms with E-state index in [1.165, 1.54) is 35.8 Å². The number of hydrogen-bond acceptors (Lipinski definition) is 6. The first-order valence-electron chi connectivity index (χ1n) is 10.7. The molecule has 0 bridgehead atoms. The summed E-state index contributed by atoms with van der Waals surface area (Å²) < 4.78 is 0. The van der Waals surface area contributed by atoms with Crippen LogP contribution in [0.3, 0.4) is 0 Å².